The van der Waals surface area contributed by atoms with Crippen molar-refractivity contribution in [2.75, 3.05) is 7.11 Å². The lowest BCUT2D eigenvalue weighted by molar-refractivity contribution is 0.414. The Morgan fingerprint density at radius 3 is 2.58 bits per heavy atom. The van der Waals surface area contributed by atoms with Crippen molar-refractivity contribution in [3.05, 3.63) is 105 Å². The van der Waals surface area contributed by atoms with Gasteiger partial charge in [-0.2, -0.15) is 0 Å². The summed E-state index contributed by atoms with van der Waals surface area (Å²) < 4.78 is 12.3. The first-order chi connectivity index (χ1) is 16.0. The maximum absolute atomic E-state index is 13.5. The van der Waals surface area contributed by atoms with Crippen molar-refractivity contribution in [3.63, 3.8) is 0 Å². The fourth-order valence-electron chi connectivity index (χ4n) is 3.83. The molecule has 2 heterocycles. The summed E-state index contributed by atoms with van der Waals surface area (Å²) in [5.74, 6) is 1.05. The molecule has 3 aromatic carbocycles. The topological polar surface area (TPSA) is 74.3 Å². The Bertz CT molecular complexity index is 1620. The van der Waals surface area contributed by atoms with Crippen LogP contribution in [-0.4, -0.2) is 16.7 Å². The van der Waals surface area contributed by atoms with Crippen LogP contribution in [0.2, 0.25) is 0 Å². The third-order valence-corrected chi connectivity index (χ3v) is 6.48. The van der Waals surface area contributed by atoms with Crippen LogP contribution in [0.5, 0.6) is 5.75 Å². The Balaban J connectivity index is 1.64. The molecule has 0 N–H and O–H groups in total. The minimum atomic E-state index is -0.436. The second-order valence-electron chi connectivity index (χ2n) is 7.58. The van der Waals surface area contributed by atoms with E-state index in [1.54, 1.807) is 23.8 Å². The molecule has 7 heteroatoms. The fraction of sp³-hybridized carbons (Fsp3) is 0.115. The van der Waals surface area contributed by atoms with Crippen LogP contribution in [0.25, 0.3) is 27.6 Å². The molecule has 2 aromatic heterocycles. The van der Waals surface area contributed by atoms with Gasteiger partial charge < -0.3 is 9.15 Å². The number of hydrogen-bond donors (Lipinski definition) is 0. The zero-order valence-corrected chi connectivity index (χ0v) is 18.9. The van der Waals surface area contributed by atoms with Gasteiger partial charge in [-0.1, -0.05) is 42.1 Å². The molecule has 0 unspecified atom stereocenters. The lowest BCUT2D eigenvalue weighted by atomic mass is 10.1. The quantitative estimate of drug-likeness (QED) is 0.208. The average molecular weight is 457 g/mol. The third-order valence-electron chi connectivity index (χ3n) is 5.50. The lowest BCUT2D eigenvalue weighted by Crippen LogP contribution is -2.22. The highest BCUT2D eigenvalue weighted by Gasteiger charge is 2.16. The van der Waals surface area contributed by atoms with Crippen LogP contribution < -0.4 is 15.9 Å². The van der Waals surface area contributed by atoms with Crippen molar-refractivity contribution in [2.24, 2.45) is 0 Å². The molecule has 0 fully saturated rings. The monoisotopic (exact) mass is 456 g/mol. The largest absolute Gasteiger partial charge is 0.497 e. The molecule has 0 saturated heterocycles. The maximum Gasteiger partial charge on any atom is 0.336 e. The zero-order valence-electron chi connectivity index (χ0n) is 18.1. The number of hydrogen-bond acceptors (Lipinski definition) is 6. The van der Waals surface area contributed by atoms with Crippen LogP contribution >= 0.6 is 11.8 Å². The van der Waals surface area contributed by atoms with Crippen LogP contribution in [0.3, 0.4) is 0 Å². The molecule has 0 aliphatic rings. The van der Waals surface area contributed by atoms with E-state index in [2.05, 4.69) is 0 Å². The number of methoxy groups -OCH3 is 1. The fourth-order valence-corrected chi connectivity index (χ4v) is 4.83. The van der Waals surface area contributed by atoms with Crippen molar-refractivity contribution in [2.45, 2.75) is 17.8 Å². The van der Waals surface area contributed by atoms with Crippen LogP contribution in [0.15, 0.2) is 92.0 Å². The molecule has 0 bridgehead atoms. The van der Waals surface area contributed by atoms with E-state index in [1.807, 2.05) is 61.5 Å². The number of benzene rings is 3. The van der Waals surface area contributed by atoms with Crippen LogP contribution in [0.1, 0.15) is 11.1 Å². The SMILES string of the molecule is COc1ccc2c(CSc3nc4ccccc4c(=O)n3-c3ccccc3C)cc(=O)oc2c1. The molecular weight excluding hydrogens is 436 g/mol. The first kappa shape index (κ1) is 21.0. The summed E-state index contributed by atoms with van der Waals surface area (Å²) in [6.07, 6.45) is 0. The van der Waals surface area contributed by atoms with Gasteiger partial charge in [-0.3, -0.25) is 9.36 Å². The Kier molecular flexibility index (Phi) is 5.48. The van der Waals surface area contributed by atoms with Gasteiger partial charge in [-0.05, 0) is 48.4 Å². The van der Waals surface area contributed by atoms with Gasteiger partial charge >= 0.3 is 5.63 Å². The molecule has 0 saturated carbocycles. The molecule has 33 heavy (non-hydrogen) atoms. The summed E-state index contributed by atoms with van der Waals surface area (Å²) >= 11 is 1.41. The molecule has 0 aliphatic carbocycles. The van der Waals surface area contributed by atoms with E-state index in [9.17, 15) is 9.59 Å². The predicted octanol–water partition coefficient (Wildman–Crippen LogP) is 5.10. The summed E-state index contributed by atoms with van der Waals surface area (Å²) in [6.45, 7) is 1.97. The molecule has 0 aliphatic heterocycles. The van der Waals surface area contributed by atoms with Gasteiger partial charge in [0.05, 0.1) is 23.7 Å². The van der Waals surface area contributed by atoms with Crippen LogP contribution in [-0.2, 0) is 5.75 Å². The van der Waals surface area contributed by atoms with Crippen molar-refractivity contribution in [1.29, 1.82) is 0 Å². The number of rotatable bonds is 5. The third kappa shape index (κ3) is 3.91. The number of para-hydroxylation sites is 2. The Morgan fingerprint density at radius 1 is 0.970 bits per heavy atom. The van der Waals surface area contributed by atoms with E-state index in [1.165, 1.54) is 17.8 Å². The molecule has 5 aromatic rings. The Hall–Kier alpha value is -3.84. The predicted molar refractivity (Wildman–Crippen MR) is 131 cm³/mol. The van der Waals surface area contributed by atoms with E-state index < -0.39 is 5.63 Å². The molecule has 164 valence electrons. The average Bonchev–Trinajstić information content (AvgIpc) is 2.83. The number of fused-ring (bicyclic) bond motifs is 2. The van der Waals surface area contributed by atoms with Crippen molar-refractivity contribution in [3.8, 4) is 11.4 Å². The summed E-state index contributed by atoms with van der Waals surface area (Å²) in [5.41, 5.74) is 3.08. The molecule has 6 nitrogen and oxygen atoms in total. The Morgan fingerprint density at radius 2 is 1.76 bits per heavy atom. The summed E-state index contributed by atoms with van der Waals surface area (Å²) in [7, 11) is 1.56. The minimum Gasteiger partial charge on any atom is -0.497 e. The summed E-state index contributed by atoms with van der Waals surface area (Å²) in [4.78, 5) is 30.5. The molecule has 5 rings (SSSR count). The van der Waals surface area contributed by atoms with Crippen LogP contribution in [0.4, 0.5) is 0 Å². The van der Waals surface area contributed by atoms with E-state index in [-0.39, 0.29) is 5.56 Å². The van der Waals surface area contributed by atoms with Crippen molar-refractivity contribution >= 4 is 33.6 Å². The first-order valence-corrected chi connectivity index (χ1v) is 11.3. The van der Waals surface area contributed by atoms with Gasteiger partial charge in [-0.25, -0.2) is 9.78 Å². The summed E-state index contributed by atoms with van der Waals surface area (Å²) in [5, 5.41) is 1.93. The highest BCUT2D eigenvalue weighted by Crippen LogP contribution is 2.29. The second kappa shape index (κ2) is 8.60. The first-order valence-electron chi connectivity index (χ1n) is 10.4. The standard InChI is InChI=1S/C26H20N2O4S/c1-16-7-3-6-10-22(16)28-25(30)20-8-4-5-9-21(20)27-26(28)33-15-17-13-24(29)32-23-14-18(31-2)11-12-19(17)23/h3-14H,15H2,1-2H3. The molecule has 0 amide bonds. The lowest BCUT2D eigenvalue weighted by Gasteiger charge is -2.15. The van der Waals surface area contributed by atoms with Gasteiger partial charge in [0.25, 0.3) is 5.56 Å². The number of ether oxygens (including phenoxy) is 1. The molecular formula is C26H20N2O4S. The van der Waals surface area contributed by atoms with E-state index >= 15 is 0 Å². The van der Waals surface area contributed by atoms with Gasteiger partial charge in [-0.15, -0.1) is 0 Å². The van der Waals surface area contributed by atoms with Crippen LogP contribution in [0, 0.1) is 6.92 Å². The van der Waals surface area contributed by atoms with E-state index in [4.69, 9.17) is 14.1 Å². The maximum atomic E-state index is 13.5. The zero-order chi connectivity index (χ0) is 22.9. The normalized spacial score (nSPS) is 11.2. The minimum absolute atomic E-state index is 0.125. The van der Waals surface area contributed by atoms with Gasteiger partial charge in [0.15, 0.2) is 5.16 Å². The summed E-state index contributed by atoms with van der Waals surface area (Å²) in [6, 6.07) is 21.9. The molecule has 0 atom stereocenters. The number of aryl methyl sites for hydroxylation is 1. The number of aromatic nitrogens is 2. The molecule has 0 spiro atoms. The Labute approximate surface area is 193 Å². The highest BCUT2D eigenvalue weighted by molar-refractivity contribution is 7.98. The van der Waals surface area contributed by atoms with E-state index in [0.717, 1.165) is 22.2 Å². The number of thioether (sulfide) groups is 1. The van der Waals surface area contributed by atoms with Gasteiger partial charge in [0.1, 0.15) is 11.3 Å². The van der Waals surface area contributed by atoms with Crippen molar-refractivity contribution in [1.82, 2.24) is 9.55 Å². The van der Waals surface area contributed by atoms with E-state index in [0.29, 0.717) is 33.1 Å². The van der Waals surface area contributed by atoms with Gasteiger partial charge in [0, 0.05) is 23.3 Å². The highest BCUT2D eigenvalue weighted by atomic mass is 32.2. The number of nitrogens with zero attached hydrogens (tertiary/aromatic N) is 2. The smallest absolute Gasteiger partial charge is 0.336 e. The van der Waals surface area contributed by atoms with Gasteiger partial charge in [0.2, 0.25) is 0 Å². The second-order valence-corrected chi connectivity index (χ2v) is 8.52. The molecule has 0 radical (unpaired) electrons. The van der Waals surface area contributed by atoms with Crippen molar-refractivity contribution < 1.29 is 9.15 Å².